The molecule has 1 atom stereocenters. The molecule has 1 rings (SSSR count). The second-order valence-electron chi connectivity index (χ2n) is 5.96. The Bertz CT molecular complexity index is 379. The van der Waals surface area contributed by atoms with Gasteiger partial charge >= 0.3 is 0 Å². The van der Waals surface area contributed by atoms with E-state index in [1.807, 2.05) is 0 Å². The Hall–Kier alpha value is -0.900. The molecule has 0 aliphatic heterocycles. The lowest BCUT2D eigenvalue weighted by atomic mass is 9.95. The van der Waals surface area contributed by atoms with Crippen molar-refractivity contribution < 1.29 is 9.47 Å². The van der Waals surface area contributed by atoms with E-state index in [0.29, 0.717) is 12.0 Å². The van der Waals surface area contributed by atoms with Gasteiger partial charge in [0.1, 0.15) is 0 Å². The summed E-state index contributed by atoms with van der Waals surface area (Å²) in [7, 11) is 1.74. The van der Waals surface area contributed by atoms with Crippen LogP contribution in [0.5, 0.6) is 0 Å². The van der Waals surface area contributed by atoms with Gasteiger partial charge in [0, 0.05) is 20.3 Å². The highest BCUT2D eigenvalue weighted by atomic mass is 16.5. The van der Waals surface area contributed by atoms with E-state index in [2.05, 4.69) is 50.4 Å². The molecule has 1 aromatic carbocycles. The molecule has 1 unspecified atom stereocenters. The third kappa shape index (κ3) is 8.86. The molecule has 0 aliphatic carbocycles. The lowest BCUT2D eigenvalue weighted by molar-refractivity contribution is 0.0681. The molecule has 0 fully saturated rings. The molecule has 3 heteroatoms. The van der Waals surface area contributed by atoms with Crippen molar-refractivity contribution in [3.8, 4) is 0 Å². The van der Waals surface area contributed by atoms with Crippen LogP contribution >= 0.6 is 0 Å². The van der Waals surface area contributed by atoms with Crippen LogP contribution in [0.2, 0.25) is 0 Å². The molecule has 21 heavy (non-hydrogen) atoms. The van der Waals surface area contributed by atoms with E-state index in [1.165, 1.54) is 11.1 Å². The number of benzene rings is 1. The van der Waals surface area contributed by atoms with Crippen LogP contribution in [0.15, 0.2) is 24.3 Å². The van der Waals surface area contributed by atoms with Gasteiger partial charge in [0.15, 0.2) is 0 Å². The summed E-state index contributed by atoms with van der Waals surface area (Å²) in [6.45, 7) is 9.85. The first-order valence-electron chi connectivity index (χ1n) is 7.98. The average Bonchev–Trinajstić information content (AvgIpc) is 2.43. The first kappa shape index (κ1) is 18.1. The van der Waals surface area contributed by atoms with Crippen molar-refractivity contribution in [1.29, 1.82) is 0 Å². The van der Waals surface area contributed by atoms with E-state index in [1.54, 1.807) is 7.11 Å². The van der Waals surface area contributed by atoms with Crippen molar-refractivity contribution in [1.82, 2.24) is 5.32 Å². The fourth-order valence-electron chi connectivity index (χ4n) is 2.40. The monoisotopic (exact) mass is 293 g/mol. The van der Waals surface area contributed by atoms with Crippen molar-refractivity contribution in [2.75, 3.05) is 33.4 Å². The van der Waals surface area contributed by atoms with Crippen molar-refractivity contribution >= 4 is 0 Å². The third-order valence-corrected chi connectivity index (χ3v) is 3.50. The molecule has 0 aliphatic rings. The Morgan fingerprint density at radius 1 is 1.19 bits per heavy atom. The van der Waals surface area contributed by atoms with Gasteiger partial charge in [-0.25, -0.2) is 0 Å². The molecule has 0 heterocycles. The second kappa shape index (κ2) is 10.8. The van der Waals surface area contributed by atoms with Gasteiger partial charge in [-0.1, -0.05) is 29.8 Å². The van der Waals surface area contributed by atoms with Gasteiger partial charge < -0.3 is 14.8 Å². The zero-order valence-corrected chi connectivity index (χ0v) is 14.0. The lowest BCUT2D eigenvalue weighted by Gasteiger charge is -2.19. The molecule has 120 valence electrons. The van der Waals surface area contributed by atoms with Crippen LogP contribution in [-0.4, -0.2) is 39.5 Å². The maximum atomic E-state index is 5.71. The highest BCUT2D eigenvalue weighted by Gasteiger charge is 2.10. The van der Waals surface area contributed by atoms with Crippen LogP contribution < -0.4 is 5.32 Å². The normalized spacial score (nSPS) is 12.8. The Labute approximate surface area is 130 Å². The summed E-state index contributed by atoms with van der Waals surface area (Å²) in [5.41, 5.74) is 2.75. The SMILES string of the molecule is COCCNCC(CCOC(C)C)Cc1cccc(C)c1. The van der Waals surface area contributed by atoms with Gasteiger partial charge in [-0.3, -0.25) is 0 Å². The quantitative estimate of drug-likeness (QED) is 0.636. The molecule has 0 saturated heterocycles. The second-order valence-corrected chi connectivity index (χ2v) is 5.96. The molecule has 1 N–H and O–H groups in total. The third-order valence-electron chi connectivity index (χ3n) is 3.50. The van der Waals surface area contributed by atoms with Crippen LogP contribution in [0.3, 0.4) is 0 Å². The number of methoxy groups -OCH3 is 1. The number of rotatable bonds is 11. The minimum Gasteiger partial charge on any atom is -0.383 e. The summed E-state index contributed by atoms with van der Waals surface area (Å²) >= 11 is 0. The lowest BCUT2D eigenvalue weighted by Crippen LogP contribution is -2.28. The van der Waals surface area contributed by atoms with Crippen molar-refractivity contribution in [3.63, 3.8) is 0 Å². The topological polar surface area (TPSA) is 30.5 Å². The minimum atomic E-state index is 0.311. The van der Waals surface area contributed by atoms with E-state index in [0.717, 1.165) is 39.1 Å². The fourth-order valence-corrected chi connectivity index (χ4v) is 2.40. The first-order chi connectivity index (χ1) is 10.1. The van der Waals surface area contributed by atoms with Crippen LogP contribution in [-0.2, 0) is 15.9 Å². The average molecular weight is 293 g/mol. The predicted octanol–water partition coefficient (Wildman–Crippen LogP) is 3.20. The summed E-state index contributed by atoms with van der Waals surface area (Å²) in [5.74, 6) is 0.599. The summed E-state index contributed by atoms with van der Waals surface area (Å²) in [5, 5.41) is 3.48. The highest BCUT2D eigenvalue weighted by molar-refractivity contribution is 5.22. The predicted molar refractivity (Wildman–Crippen MR) is 88.8 cm³/mol. The van der Waals surface area contributed by atoms with E-state index < -0.39 is 0 Å². The number of ether oxygens (including phenoxy) is 2. The van der Waals surface area contributed by atoms with Crippen molar-refractivity contribution in [2.45, 2.75) is 39.7 Å². The van der Waals surface area contributed by atoms with Crippen LogP contribution in [0, 0.1) is 12.8 Å². The Kier molecular flexibility index (Phi) is 9.31. The summed E-state index contributed by atoms with van der Waals surface area (Å²) in [4.78, 5) is 0. The van der Waals surface area contributed by atoms with E-state index >= 15 is 0 Å². The molecule has 0 radical (unpaired) electrons. The zero-order valence-electron chi connectivity index (χ0n) is 14.0. The van der Waals surface area contributed by atoms with Gasteiger partial charge in [-0.2, -0.15) is 0 Å². The largest absolute Gasteiger partial charge is 0.383 e. The maximum Gasteiger partial charge on any atom is 0.0587 e. The number of nitrogens with one attached hydrogen (secondary N) is 1. The molecule has 1 aromatic rings. The van der Waals surface area contributed by atoms with E-state index in [9.17, 15) is 0 Å². The summed E-state index contributed by atoms with van der Waals surface area (Å²) < 4.78 is 10.8. The Morgan fingerprint density at radius 3 is 2.67 bits per heavy atom. The van der Waals surface area contributed by atoms with Gasteiger partial charge in [0.05, 0.1) is 12.7 Å². The standard InChI is InChI=1S/C18H31NO2/c1-15(2)21-10-8-18(14-19-9-11-20-4)13-17-7-5-6-16(3)12-17/h5-7,12,15,18-19H,8-11,13-14H2,1-4H3. The number of hydrogen-bond donors (Lipinski definition) is 1. The molecule has 3 nitrogen and oxygen atoms in total. The molecular formula is C18H31NO2. The molecular weight excluding hydrogens is 262 g/mol. The zero-order chi connectivity index (χ0) is 15.5. The Morgan fingerprint density at radius 2 is 2.00 bits per heavy atom. The molecule has 0 amide bonds. The van der Waals surface area contributed by atoms with E-state index in [4.69, 9.17) is 9.47 Å². The van der Waals surface area contributed by atoms with Crippen molar-refractivity contribution in [3.05, 3.63) is 35.4 Å². The first-order valence-corrected chi connectivity index (χ1v) is 7.98. The van der Waals surface area contributed by atoms with Gasteiger partial charge in [-0.05, 0) is 51.6 Å². The molecule has 0 spiro atoms. The van der Waals surface area contributed by atoms with Gasteiger partial charge in [0.25, 0.3) is 0 Å². The van der Waals surface area contributed by atoms with Crippen molar-refractivity contribution in [2.24, 2.45) is 5.92 Å². The van der Waals surface area contributed by atoms with Crippen LogP contribution in [0.25, 0.3) is 0 Å². The van der Waals surface area contributed by atoms with E-state index in [-0.39, 0.29) is 0 Å². The number of hydrogen-bond acceptors (Lipinski definition) is 3. The smallest absolute Gasteiger partial charge is 0.0587 e. The number of aryl methyl sites for hydroxylation is 1. The molecule has 0 aromatic heterocycles. The summed E-state index contributed by atoms with van der Waals surface area (Å²) in [6.07, 6.45) is 2.50. The fraction of sp³-hybridized carbons (Fsp3) is 0.667. The van der Waals surface area contributed by atoms with Gasteiger partial charge in [-0.15, -0.1) is 0 Å². The van der Waals surface area contributed by atoms with Crippen LogP contribution in [0.4, 0.5) is 0 Å². The molecule has 0 bridgehead atoms. The highest BCUT2D eigenvalue weighted by Crippen LogP contribution is 2.14. The minimum absolute atomic E-state index is 0.311. The van der Waals surface area contributed by atoms with Gasteiger partial charge in [0.2, 0.25) is 0 Å². The Balaban J connectivity index is 2.45. The van der Waals surface area contributed by atoms with Crippen LogP contribution in [0.1, 0.15) is 31.4 Å². The summed E-state index contributed by atoms with van der Waals surface area (Å²) in [6, 6.07) is 8.80. The molecule has 0 saturated carbocycles. The maximum absolute atomic E-state index is 5.71.